The van der Waals surface area contributed by atoms with Gasteiger partial charge in [-0.2, -0.15) is 0 Å². The van der Waals surface area contributed by atoms with Crippen molar-refractivity contribution in [3.8, 4) is 0 Å². The highest BCUT2D eigenvalue weighted by atomic mass is 14.9. The quantitative estimate of drug-likeness (QED) is 0.669. The second kappa shape index (κ2) is 7.92. The van der Waals surface area contributed by atoms with Crippen LogP contribution in [-0.2, 0) is 0 Å². The van der Waals surface area contributed by atoms with E-state index in [1.165, 1.54) is 38.5 Å². The molecule has 0 aliphatic heterocycles. The molecule has 1 heteroatoms. The molecule has 1 aliphatic rings. The van der Waals surface area contributed by atoms with Crippen LogP contribution >= 0.6 is 0 Å². The summed E-state index contributed by atoms with van der Waals surface area (Å²) in [7, 11) is 0. The zero-order valence-corrected chi connectivity index (χ0v) is 12.3. The van der Waals surface area contributed by atoms with E-state index in [0.717, 1.165) is 18.4 Å². The molecule has 0 aromatic heterocycles. The summed E-state index contributed by atoms with van der Waals surface area (Å²) in [5.74, 6) is 1.60. The fourth-order valence-electron chi connectivity index (χ4n) is 2.62. The number of allylic oxidation sites excluding steroid dienone is 1. The summed E-state index contributed by atoms with van der Waals surface area (Å²) in [4.78, 5) is 0. The van der Waals surface area contributed by atoms with Gasteiger partial charge in [0, 0.05) is 12.6 Å². The molecule has 0 heterocycles. The first kappa shape index (κ1) is 14.8. The highest BCUT2D eigenvalue weighted by Crippen LogP contribution is 2.30. The fraction of sp³-hybridized carbons (Fsp3) is 0.875. The maximum atomic E-state index is 3.60. The molecular formula is C16H31N. The Morgan fingerprint density at radius 1 is 1.18 bits per heavy atom. The van der Waals surface area contributed by atoms with E-state index >= 15 is 0 Å². The van der Waals surface area contributed by atoms with Gasteiger partial charge in [0.25, 0.3) is 0 Å². The molecule has 0 spiro atoms. The Bertz CT molecular complexity index is 224. The number of nitrogens with one attached hydrogen (secondary N) is 1. The Morgan fingerprint density at radius 3 is 2.35 bits per heavy atom. The summed E-state index contributed by atoms with van der Waals surface area (Å²) in [6.07, 6.45) is 11.0. The Balaban J connectivity index is 2.59. The summed E-state index contributed by atoms with van der Waals surface area (Å²) < 4.78 is 0. The van der Waals surface area contributed by atoms with E-state index in [0.29, 0.717) is 6.04 Å². The molecule has 100 valence electrons. The molecule has 1 nitrogen and oxygen atoms in total. The molecule has 1 fully saturated rings. The second-order valence-electron chi connectivity index (χ2n) is 6.00. The molecule has 17 heavy (non-hydrogen) atoms. The van der Waals surface area contributed by atoms with E-state index in [1.807, 2.05) is 0 Å². The lowest BCUT2D eigenvalue weighted by Gasteiger charge is -2.26. The van der Waals surface area contributed by atoms with Crippen molar-refractivity contribution in [2.45, 2.75) is 72.3 Å². The van der Waals surface area contributed by atoms with Gasteiger partial charge in [0.1, 0.15) is 0 Å². The lowest BCUT2D eigenvalue weighted by atomic mass is 9.82. The van der Waals surface area contributed by atoms with Crippen LogP contribution in [0, 0.1) is 11.8 Å². The van der Waals surface area contributed by atoms with E-state index in [9.17, 15) is 0 Å². The third-order valence-electron chi connectivity index (χ3n) is 3.99. The maximum Gasteiger partial charge on any atom is 0.0169 e. The minimum absolute atomic E-state index is 0.596. The molecule has 0 amide bonds. The van der Waals surface area contributed by atoms with Crippen molar-refractivity contribution in [1.82, 2.24) is 5.32 Å². The van der Waals surface area contributed by atoms with Gasteiger partial charge in [-0.1, -0.05) is 65.0 Å². The van der Waals surface area contributed by atoms with E-state index in [2.05, 4.69) is 39.1 Å². The minimum atomic E-state index is 0.596. The normalized spacial score (nSPS) is 20.9. The first-order chi connectivity index (χ1) is 8.13. The van der Waals surface area contributed by atoms with Gasteiger partial charge in [-0.25, -0.2) is 0 Å². The van der Waals surface area contributed by atoms with E-state index in [4.69, 9.17) is 0 Å². The summed E-state index contributed by atoms with van der Waals surface area (Å²) >= 11 is 0. The molecular weight excluding hydrogens is 206 g/mol. The maximum absolute atomic E-state index is 3.60. The van der Waals surface area contributed by atoms with Gasteiger partial charge in [-0.3, -0.25) is 0 Å². The highest BCUT2D eigenvalue weighted by Gasteiger charge is 2.18. The van der Waals surface area contributed by atoms with Crippen LogP contribution in [0.5, 0.6) is 0 Å². The third-order valence-corrected chi connectivity index (χ3v) is 3.99. The lowest BCUT2D eigenvalue weighted by molar-refractivity contribution is 0.389. The van der Waals surface area contributed by atoms with Gasteiger partial charge in [-0.05, 0) is 24.7 Å². The average Bonchev–Trinajstić information content (AvgIpc) is 2.35. The minimum Gasteiger partial charge on any atom is -0.311 e. The van der Waals surface area contributed by atoms with Crippen LogP contribution in [0.25, 0.3) is 0 Å². The molecule has 1 atom stereocenters. The topological polar surface area (TPSA) is 12.0 Å². The van der Waals surface area contributed by atoms with Gasteiger partial charge in [0.05, 0.1) is 0 Å². The van der Waals surface area contributed by atoms with Crippen molar-refractivity contribution in [2.75, 3.05) is 6.54 Å². The zero-order chi connectivity index (χ0) is 12.7. The molecule has 0 bridgehead atoms. The smallest absolute Gasteiger partial charge is 0.0169 e. The van der Waals surface area contributed by atoms with Crippen LogP contribution < -0.4 is 5.32 Å². The summed E-state index contributed by atoms with van der Waals surface area (Å²) in [6.45, 7) is 10.2. The van der Waals surface area contributed by atoms with E-state index < -0.39 is 0 Å². The second-order valence-corrected chi connectivity index (χ2v) is 6.00. The molecule has 0 aromatic rings. The van der Waals surface area contributed by atoms with Gasteiger partial charge in [0.2, 0.25) is 0 Å². The first-order valence-electron chi connectivity index (χ1n) is 7.57. The SMILES string of the molecule is CCC(C)C=C(CNC(C)C)C1CCCCC1. The molecule has 1 rings (SSSR count). The van der Waals surface area contributed by atoms with Gasteiger partial charge in [-0.15, -0.1) is 0 Å². The van der Waals surface area contributed by atoms with E-state index in [-0.39, 0.29) is 0 Å². The standard InChI is InChI=1S/C16H31N/c1-5-14(4)11-16(12-17-13(2)3)15-9-7-6-8-10-15/h11,13-15,17H,5-10,12H2,1-4H3. The van der Waals surface area contributed by atoms with Gasteiger partial charge < -0.3 is 5.32 Å². The van der Waals surface area contributed by atoms with Crippen LogP contribution in [0.4, 0.5) is 0 Å². The monoisotopic (exact) mass is 237 g/mol. The van der Waals surface area contributed by atoms with Crippen LogP contribution in [0.15, 0.2) is 11.6 Å². The summed E-state index contributed by atoms with van der Waals surface area (Å²) in [5, 5.41) is 3.60. The number of rotatable bonds is 6. The van der Waals surface area contributed by atoms with Crippen molar-refractivity contribution >= 4 is 0 Å². The third kappa shape index (κ3) is 5.72. The number of hydrogen-bond donors (Lipinski definition) is 1. The highest BCUT2D eigenvalue weighted by molar-refractivity contribution is 5.11. The molecule has 0 saturated heterocycles. The van der Waals surface area contributed by atoms with Crippen molar-refractivity contribution in [3.05, 3.63) is 11.6 Å². The van der Waals surface area contributed by atoms with Crippen molar-refractivity contribution in [1.29, 1.82) is 0 Å². The van der Waals surface area contributed by atoms with Crippen LogP contribution in [0.3, 0.4) is 0 Å². The fourth-order valence-corrected chi connectivity index (χ4v) is 2.62. The molecule has 1 saturated carbocycles. The first-order valence-corrected chi connectivity index (χ1v) is 7.57. The predicted molar refractivity (Wildman–Crippen MR) is 77.3 cm³/mol. The largest absolute Gasteiger partial charge is 0.311 e. The number of hydrogen-bond acceptors (Lipinski definition) is 1. The molecule has 0 aromatic carbocycles. The molecule has 1 N–H and O–H groups in total. The molecule has 0 radical (unpaired) electrons. The zero-order valence-electron chi connectivity index (χ0n) is 12.3. The lowest BCUT2D eigenvalue weighted by Crippen LogP contribution is -2.28. The molecule has 1 unspecified atom stereocenters. The van der Waals surface area contributed by atoms with Crippen molar-refractivity contribution < 1.29 is 0 Å². The van der Waals surface area contributed by atoms with Gasteiger partial charge in [0.15, 0.2) is 0 Å². The Labute approximate surface area is 108 Å². The molecule has 1 aliphatic carbocycles. The Kier molecular flexibility index (Phi) is 6.87. The average molecular weight is 237 g/mol. The van der Waals surface area contributed by atoms with Crippen LogP contribution in [0.1, 0.15) is 66.2 Å². The van der Waals surface area contributed by atoms with Crippen LogP contribution in [0.2, 0.25) is 0 Å². The summed E-state index contributed by atoms with van der Waals surface area (Å²) in [6, 6.07) is 0.596. The van der Waals surface area contributed by atoms with Crippen molar-refractivity contribution in [3.63, 3.8) is 0 Å². The Hall–Kier alpha value is -0.300. The van der Waals surface area contributed by atoms with Gasteiger partial charge >= 0.3 is 0 Å². The van der Waals surface area contributed by atoms with Crippen LogP contribution in [-0.4, -0.2) is 12.6 Å². The van der Waals surface area contributed by atoms with Crippen molar-refractivity contribution in [2.24, 2.45) is 11.8 Å². The van der Waals surface area contributed by atoms with E-state index in [1.54, 1.807) is 5.57 Å². The summed E-state index contributed by atoms with van der Waals surface area (Å²) in [5.41, 5.74) is 1.69. The Morgan fingerprint density at radius 2 is 1.82 bits per heavy atom. The predicted octanol–water partition coefficient (Wildman–Crippen LogP) is 4.54.